The number of nitrogens with zero attached hydrogens (tertiary/aromatic N) is 2. The smallest absolute Gasteiger partial charge is 0.269 e. The number of hydrogen-bond acceptors (Lipinski definition) is 5. The van der Waals surface area contributed by atoms with Crippen molar-refractivity contribution < 1.29 is 14.5 Å². The van der Waals surface area contributed by atoms with E-state index in [1.165, 1.54) is 12.1 Å². The molecule has 0 aliphatic carbocycles. The summed E-state index contributed by atoms with van der Waals surface area (Å²) in [6, 6.07) is 13.7. The molecular weight excluding hydrogens is 320 g/mol. The van der Waals surface area contributed by atoms with Crippen LogP contribution in [0.2, 0.25) is 0 Å². The number of hydrogen-bond donors (Lipinski definition) is 0. The van der Waals surface area contributed by atoms with Crippen LogP contribution in [0.3, 0.4) is 0 Å². The van der Waals surface area contributed by atoms with Crippen molar-refractivity contribution in [1.82, 2.24) is 0 Å². The summed E-state index contributed by atoms with van der Waals surface area (Å²) in [5.74, 6) is 0.525. The lowest BCUT2D eigenvalue weighted by Gasteiger charge is -2.37. The van der Waals surface area contributed by atoms with Crippen molar-refractivity contribution in [3.63, 3.8) is 0 Å². The van der Waals surface area contributed by atoms with Gasteiger partial charge >= 0.3 is 0 Å². The van der Waals surface area contributed by atoms with Crippen molar-refractivity contribution in [3.05, 3.63) is 76.5 Å². The fraction of sp³-hybridized carbons (Fsp3) is 0.211. The average Bonchev–Trinajstić information content (AvgIpc) is 2.67. The molecule has 2 atom stereocenters. The first-order valence-corrected chi connectivity index (χ1v) is 7.92. The van der Waals surface area contributed by atoms with Crippen molar-refractivity contribution in [2.45, 2.75) is 12.5 Å². The normalized spacial score (nSPS) is 19.5. The molecular formula is C19H18N2O4. The molecule has 0 radical (unpaired) electrons. The topological polar surface area (TPSA) is 72.7 Å². The maximum absolute atomic E-state index is 11.6. The Hall–Kier alpha value is -3.15. The maximum Gasteiger partial charge on any atom is 0.269 e. The van der Waals surface area contributed by atoms with Crippen LogP contribution in [0.4, 0.5) is 11.4 Å². The summed E-state index contributed by atoms with van der Waals surface area (Å²) in [6.45, 7) is 0. The quantitative estimate of drug-likeness (QED) is 0.470. The second-order valence-electron chi connectivity index (χ2n) is 5.82. The summed E-state index contributed by atoms with van der Waals surface area (Å²) in [5.41, 5.74) is 1.82. The van der Waals surface area contributed by atoms with E-state index in [1.807, 2.05) is 41.4 Å². The predicted molar refractivity (Wildman–Crippen MR) is 94.6 cm³/mol. The number of non-ortho nitro benzene ring substituents is 1. The molecule has 0 unspecified atom stereocenters. The van der Waals surface area contributed by atoms with Crippen LogP contribution in [0.25, 0.3) is 0 Å². The van der Waals surface area contributed by atoms with Crippen LogP contribution in [0, 0.1) is 16.0 Å². The Balaban J connectivity index is 1.99. The fourth-order valence-corrected chi connectivity index (χ4v) is 3.09. The molecule has 0 saturated carbocycles. The number of ether oxygens (including phenoxy) is 1. The first-order valence-electron chi connectivity index (χ1n) is 7.92. The zero-order chi connectivity index (χ0) is 17.8. The van der Waals surface area contributed by atoms with Crippen molar-refractivity contribution in [3.8, 4) is 5.75 Å². The average molecular weight is 338 g/mol. The molecule has 1 heterocycles. The predicted octanol–water partition coefficient (Wildman–Crippen LogP) is 3.88. The van der Waals surface area contributed by atoms with Gasteiger partial charge in [-0.05, 0) is 36.2 Å². The van der Waals surface area contributed by atoms with E-state index < -0.39 is 4.92 Å². The molecule has 2 aromatic rings. The van der Waals surface area contributed by atoms with Crippen LogP contribution in [0.15, 0.2) is 60.8 Å². The lowest BCUT2D eigenvalue weighted by molar-refractivity contribution is -0.384. The molecule has 6 nitrogen and oxygen atoms in total. The number of nitro groups is 1. The summed E-state index contributed by atoms with van der Waals surface area (Å²) < 4.78 is 5.19. The van der Waals surface area contributed by atoms with Crippen molar-refractivity contribution in [2.75, 3.05) is 12.0 Å². The van der Waals surface area contributed by atoms with Gasteiger partial charge in [-0.3, -0.25) is 10.1 Å². The van der Waals surface area contributed by atoms with Crippen molar-refractivity contribution >= 4 is 17.7 Å². The van der Waals surface area contributed by atoms with Gasteiger partial charge in [-0.2, -0.15) is 0 Å². The number of carbonyl (C=O) groups excluding carboxylic acids is 1. The van der Waals surface area contributed by atoms with E-state index in [-0.39, 0.29) is 17.6 Å². The minimum absolute atomic E-state index is 0.0359. The summed E-state index contributed by atoms with van der Waals surface area (Å²) in [7, 11) is 1.61. The Kier molecular flexibility index (Phi) is 4.79. The van der Waals surface area contributed by atoms with E-state index in [4.69, 9.17) is 4.74 Å². The zero-order valence-corrected chi connectivity index (χ0v) is 13.7. The minimum Gasteiger partial charge on any atom is -0.497 e. The minimum atomic E-state index is -0.428. The fourth-order valence-electron chi connectivity index (χ4n) is 3.09. The molecule has 3 rings (SSSR count). The van der Waals surface area contributed by atoms with E-state index in [0.29, 0.717) is 6.42 Å². The van der Waals surface area contributed by atoms with Crippen LogP contribution >= 0.6 is 0 Å². The molecule has 0 amide bonds. The molecule has 128 valence electrons. The van der Waals surface area contributed by atoms with E-state index in [2.05, 4.69) is 0 Å². The SMILES string of the molecule is COc1ccc(N2C=CC[C@H](C=O)[C@H]2c2ccc([N+](=O)[O-])cc2)cc1. The highest BCUT2D eigenvalue weighted by atomic mass is 16.6. The third-order valence-electron chi connectivity index (χ3n) is 4.37. The molecule has 2 aromatic carbocycles. The molecule has 0 spiro atoms. The van der Waals surface area contributed by atoms with Gasteiger partial charge in [-0.15, -0.1) is 0 Å². The maximum atomic E-state index is 11.6. The van der Waals surface area contributed by atoms with Gasteiger partial charge in [-0.1, -0.05) is 18.2 Å². The summed E-state index contributed by atoms with van der Waals surface area (Å²) in [4.78, 5) is 24.1. The van der Waals surface area contributed by atoms with Gasteiger partial charge in [0.1, 0.15) is 12.0 Å². The number of carbonyl (C=O) groups is 1. The summed E-state index contributed by atoms with van der Waals surface area (Å²) in [5, 5.41) is 10.9. The van der Waals surface area contributed by atoms with Crippen molar-refractivity contribution in [2.24, 2.45) is 5.92 Å². The lowest BCUT2D eigenvalue weighted by atomic mass is 9.87. The van der Waals surface area contributed by atoms with Gasteiger partial charge < -0.3 is 14.4 Å². The highest BCUT2D eigenvalue weighted by Gasteiger charge is 2.30. The zero-order valence-electron chi connectivity index (χ0n) is 13.7. The molecule has 1 aliphatic heterocycles. The Bertz CT molecular complexity index is 784. The summed E-state index contributed by atoms with van der Waals surface area (Å²) >= 11 is 0. The highest BCUT2D eigenvalue weighted by Crippen LogP contribution is 2.38. The first kappa shape index (κ1) is 16.7. The van der Waals surface area contributed by atoms with Crippen LogP contribution < -0.4 is 9.64 Å². The highest BCUT2D eigenvalue weighted by molar-refractivity contribution is 5.63. The number of benzene rings is 2. The van der Waals surface area contributed by atoms with Crippen LogP contribution in [-0.4, -0.2) is 18.3 Å². The largest absolute Gasteiger partial charge is 0.497 e. The number of allylic oxidation sites excluding steroid dienone is 1. The Morgan fingerprint density at radius 3 is 2.40 bits per heavy atom. The number of methoxy groups -OCH3 is 1. The second kappa shape index (κ2) is 7.17. The number of nitro benzene ring substituents is 1. The molecule has 0 fully saturated rings. The van der Waals surface area contributed by atoms with Gasteiger partial charge in [0.05, 0.1) is 18.1 Å². The molecule has 0 aromatic heterocycles. The molecule has 0 bridgehead atoms. The standard InChI is InChI=1S/C19H18N2O4/c1-25-18-10-8-16(9-11-18)20-12-2-3-15(13-22)19(20)14-4-6-17(7-5-14)21(23)24/h2,4-13,15,19H,3H2,1H3/t15-,19-/m1/s1. The third kappa shape index (κ3) is 3.38. The number of anilines is 1. The monoisotopic (exact) mass is 338 g/mol. The van der Waals surface area contributed by atoms with Crippen LogP contribution in [0.1, 0.15) is 18.0 Å². The summed E-state index contributed by atoms with van der Waals surface area (Å²) in [6.07, 6.45) is 5.50. The van der Waals surface area contributed by atoms with E-state index in [0.717, 1.165) is 23.3 Å². The molecule has 0 N–H and O–H groups in total. The van der Waals surface area contributed by atoms with Gasteiger partial charge in [0, 0.05) is 29.9 Å². The van der Waals surface area contributed by atoms with Gasteiger partial charge in [-0.25, -0.2) is 0 Å². The molecule has 0 saturated heterocycles. The Labute approximate surface area is 145 Å². The molecule has 1 aliphatic rings. The molecule has 25 heavy (non-hydrogen) atoms. The number of rotatable bonds is 5. The van der Waals surface area contributed by atoms with Crippen molar-refractivity contribution in [1.29, 1.82) is 0 Å². The van der Waals surface area contributed by atoms with Gasteiger partial charge in [0.2, 0.25) is 0 Å². The number of aldehydes is 1. The Morgan fingerprint density at radius 2 is 1.84 bits per heavy atom. The third-order valence-corrected chi connectivity index (χ3v) is 4.37. The van der Waals surface area contributed by atoms with Gasteiger partial charge in [0.25, 0.3) is 5.69 Å². The van der Waals surface area contributed by atoms with E-state index in [9.17, 15) is 14.9 Å². The molecule has 6 heteroatoms. The van der Waals surface area contributed by atoms with Crippen LogP contribution in [0.5, 0.6) is 5.75 Å². The lowest BCUT2D eigenvalue weighted by Crippen LogP contribution is -2.33. The Morgan fingerprint density at radius 1 is 1.16 bits per heavy atom. The van der Waals surface area contributed by atoms with E-state index in [1.54, 1.807) is 19.2 Å². The first-order chi connectivity index (χ1) is 12.1. The van der Waals surface area contributed by atoms with E-state index >= 15 is 0 Å². The van der Waals surface area contributed by atoms with Gasteiger partial charge in [0.15, 0.2) is 0 Å². The van der Waals surface area contributed by atoms with Crippen LogP contribution in [-0.2, 0) is 4.79 Å². The second-order valence-corrected chi connectivity index (χ2v) is 5.82.